The lowest BCUT2D eigenvalue weighted by atomic mass is 10.1. The van der Waals surface area contributed by atoms with E-state index in [-0.39, 0.29) is 49.1 Å². The van der Waals surface area contributed by atoms with Gasteiger partial charge in [-0.2, -0.15) is 0 Å². The number of amides is 3. The number of nitrogen functional groups attached to an aromatic ring is 1. The average Bonchev–Trinajstić information content (AvgIpc) is 3.63. The molecule has 222 valence electrons. The first kappa shape index (κ1) is 30.6. The van der Waals surface area contributed by atoms with E-state index >= 15 is 0 Å². The van der Waals surface area contributed by atoms with Crippen molar-refractivity contribution >= 4 is 34.9 Å². The third kappa shape index (κ3) is 8.56. The summed E-state index contributed by atoms with van der Waals surface area (Å²) in [6.45, 7) is 4.19. The largest absolute Gasteiger partial charge is 0.494 e. The summed E-state index contributed by atoms with van der Waals surface area (Å²) in [5.41, 5.74) is 7.22. The molecular formula is C31H37N5O5S. The van der Waals surface area contributed by atoms with Crippen LogP contribution in [0, 0.1) is 12.3 Å². The van der Waals surface area contributed by atoms with Gasteiger partial charge in [0, 0.05) is 28.7 Å². The van der Waals surface area contributed by atoms with Crippen molar-refractivity contribution in [3.8, 4) is 11.5 Å². The molecule has 1 aromatic heterocycles. The summed E-state index contributed by atoms with van der Waals surface area (Å²) in [4.78, 5) is 41.5. The number of ether oxygens (including phenoxy) is 2. The third-order valence-corrected chi connectivity index (χ3v) is 8.01. The second-order valence-electron chi connectivity index (χ2n) is 10.3. The summed E-state index contributed by atoms with van der Waals surface area (Å²) in [5, 5.41) is 15.1. The monoisotopic (exact) mass is 591 g/mol. The normalized spacial score (nSPS) is 16.9. The minimum absolute atomic E-state index is 0.0366. The number of hydrogen-bond acceptors (Lipinski definition) is 7. The molecule has 0 aliphatic carbocycles. The molecule has 1 aliphatic heterocycles. The van der Waals surface area contributed by atoms with Crippen LogP contribution in [0.3, 0.4) is 0 Å². The number of hydrogen-bond donors (Lipinski definition) is 4. The Balaban J connectivity index is 1.34. The van der Waals surface area contributed by atoms with E-state index in [0.29, 0.717) is 30.8 Å². The van der Waals surface area contributed by atoms with Crippen molar-refractivity contribution in [3.05, 3.63) is 82.0 Å². The van der Waals surface area contributed by atoms with Gasteiger partial charge in [0.15, 0.2) is 0 Å². The van der Waals surface area contributed by atoms with Crippen molar-refractivity contribution in [2.75, 3.05) is 19.7 Å². The number of carbonyl (C=O) groups is 3. The smallest absolute Gasteiger partial charge is 0.243 e. The van der Waals surface area contributed by atoms with Crippen molar-refractivity contribution in [2.45, 2.75) is 51.3 Å². The Morgan fingerprint density at radius 2 is 1.88 bits per heavy atom. The van der Waals surface area contributed by atoms with Gasteiger partial charge < -0.3 is 30.7 Å². The van der Waals surface area contributed by atoms with Crippen LogP contribution in [-0.4, -0.2) is 60.3 Å². The summed E-state index contributed by atoms with van der Waals surface area (Å²) in [7, 11) is 0. The minimum atomic E-state index is -0.766. The Morgan fingerprint density at radius 1 is 1.12 bits per heavy atom. The highest BCUT2D eigenvalue weighted by molar-refractivity contribution is 7.10. The average molecular weight is 592 g/mol. The topological polar surface area (TPSA) is 147 Å². The molecule has 0 unspecified atom stereocenters. The molecule has 1 saturated heterocycles. The number of nitrogens with zero attached hydrogens (tertiary/aromatic N) is 1. The van der Waals surface area contributed by atoms with Crippen LogP contribution in [0.1, 0.15) is 48.2 Å². The molecular weight excluding hydrogens is 554 g/mol. The summed E-state index contributed by atoms with van der Waals surface area (Å²) < 4.78 is 11.8. The lowest BCUT2D eigenvalue weighted by Gasteiger charge is -2.25. The van der Waals surface area contributed by atoms with Gasteiger partial charge >= 0.3 is 0 Å². The maximum atomic E-state index is 13.4. The number of thiophene rings is 1. The van der Waals surface area contributed by atoms with Crippen LogP contribution in [0.25, 0.3) is 0 Å². The van der Waals surface area contributed by atoms with E-state index in [9.17, 15) is 14.4 Å². The van der Waals surface area contributed by atoms with Crippen LogP contribution in [0.5, 0.6) is 11.5 Å². The van der Waals surface area contributed by atoms with Crippen LogP contribution in [-0.2, 0) is 14.4 Å². The second kappa shape index (κ2) is 14.5. The molecule has 1 aliphatic rings. The van der Waals surface area contributed by atoms with Gasteiger partial charge in [0.1, 0.15) is 29.5 Å². The van der Waals surface area contributed by atoms with Crippen LogP contribution < -0.4 is 25.8 Å². The van der Waals surface area contributed by atoms with Gasteiger partial charge in [-0.15, -0.1) is 11.3 Å². The fraction of sp³-hybridized carbons (Fsp3) is 0.355. The number of rotatable bonds is 13. The molecule has 3 atom stereocenters. The van der Waals surface area contributed by atoms with E-state index in [2.05, 4.69) is 10.6 Å². The van der Waals surface area contributed by atoms with Gasteiger partial charge in [0.05, 0.1) is 25.7 Å². The molecule has 2 heterocycles. The molecule has 1 fully saturated rings. The second-order valence-corrected chi connectivity index (χ2v) is 11.2. The quantitative estimate of drug-likeness (QED) is 0.136. The van der Waals surface area contributed by atoms with Crippen LogP contribution in [0.4, 0.5) is 0 Å². The van der Waals surface area contributed by atoms with Gasteiger partial charge in [-0.1, -0.05) is 30.3 Å². The van der Waals surface area contributed by atoms with Gasteiger partial charge in [-0.05, 0) is 56.2 Å². The molecule has 0 radical (unpaired) electrons. The highest BCUT2D eigenvalue weighted by Gasteiger charge is 2.41. The van der Waals surface area contributed by atoms with Crippen molar-refractivity contribution in [1.82, 2.24) is 15.5 Å². The lowest BCUT2D eigenvalue weighted by molar-refractivity contribution is -0.139. The Kier molecular flexibility index (Phi) is 10.6. The Labute approximate surface area is 249 Å². The van der Waals surface area contributed by atoms with Crippen LogP contribution >= 0.6 is 11.3 Å². The van der Waals surface area contributed by atoms with Gasteiger partial charge in [0.2, 0.25) is 17.7 Å². The molecule has 3 amide bonds. The fourth-order valence-corrected chi connectivity index (χ4v) is 5.61. The lowest BCUT2D eigenvalue weighted by Crippen LogP contribution is -2.49. The maximum Gasteiger partial charge on any atom is 0.243 e. The van der Waals surface area contributed by atoms with Gasteiger partial charge in [0.25, 0.3) is 0 Å². The molecule has 5 N–H and O–H groups in total. The Morgan fingerprint density at radius 3 is 2.60 bits per heavy atom. The number of amidine groups is 1. The van der Waals surface area contributed by atoms with E-state index in [1.165, 1.54) is 16.2 Å². The molecule has 4 rings (SSSR count). The van der Waals surface area contributed by atoms with Crippen molar-refractivity contribution < 1.29 is 23.9 Å². The molecule has 2 aromatic carbocycles. The number of para-hydroxylation sites is 1. The molecule has 10 nitrogen and oxygen atoms in total. The van der Waals surface area contributed by atoms with Crippen molar-refractivity contribution in [3.63, 3.8) is 0 Å². The van der Waals surface area contributed by atoms with E-state index < -0.39 is 12.1 Å². The number of nitrogens with one attached hydrogen (secondary N) is 3. The zero-order valence-corrected chi connectivity index (χ0v) is 24.6. The molecule has 3 aromatic rings. The third-order valence-electron chi connectivity index (χ3n) is 6.89. The van der Waals surface area contributed by atoms with Crippen LogP contribution in [0.15, 0.2) is 66.0 Å². The zero-order valence-electron chi connectivity index (χ0n) is 23.8. The number of aryl methyl sites for hydroxylation is 1. The summed E-state index contributed by atoms with van der Waals surface area (Å²) >= 11 is 1.40. The van der Waals surface area contributed by atoms with Crippen molar-refractivity contribution in [2.24, 2.45) is 5.73 Å². The highest BCUT2D eigenvalue weighted by atomic mass is 32.1. The molecule has 42 heavy (non-hydrogen) atoms. The predicted octanol–water partition coefficient (Wildman–Crippen LogP) is 3.54. The standard InChI is InChI=1S/C31H37N5O5S/c1-20-8-6-11-24(14-20)41-25-16-26(31(39)35-21(2)27-15-22(19-42-27)30(32)33)36(18-25)29(38)17-34-28(37)12-7-13-40-23-9-4-3-5-10-23/h3-6,8-11,14-15,19,21,25-26H,7,12-13,16-18H2,1-2H3,(H3,32,33)(H,34,37)(H,35,39)/t21-,25-,26+/m1/s1. The maximum absolute atomic E-state index is 13.4. The summed E-state index contributed by atoms with van der Waals surface area (Å²) in [5.74, 6) is 0.436. The van der Waals surface area contributed by atoms with E-state index in [0.717, 1.165) is 16.2 Å². The number of benzene rings is 2. The predicted molar refractivity (Wildman–Crippen MR) is 162 cm³/mol. The van der Waals surface area contributed by atoms with Gasteiger partial charge in [-0.25, -0.2) is 0 Å². The summed E-state index contributed by atoms with van der Waals surface area (Å²) in [6, 6.07) is 17.6. The molecule has 11 heteroatoms. The fourth-order valence-electron chi connectivity index (χ4n) is 4.69. The molecule has 0 spiro atoms. The number of nitrogens with two attached hydrogens (primary N) is 1. The minimum Gasteiger partial charge on any atom is -0.494 e. The first-order valence-corrected chi connectivity index (χ1v) is 14.8. The van der Waals surface area contributed by atoms with E-state index in [1.54, 1.807) is 11.4 Å². The number of carbonyl (C=O) groups excluding carboxylic acids is 3. The first-order valence-electron chi connectivity index (χ1n) is 13.9. The van der Waals surface area contributed by atoms with E-state index in [4.69, 9.17) is 20.6 Å². The summed E-state index contributed by atoms with van der Waals surface area (Å²) in [6.07, 6.45) is 0.636. The highest BCUT2D eigenvalue weighted by Crippen LogP contribution is 2.26. The van der Waals surface area contributed by atoms with E-state index in [1.807, 2.05) is 68.4 Å². The number of likely N-dealkylation sites (tertiary alicyclic amines) is 1. The van der Waals surface area contributed by atoms with Crippen LogP contribution in [0.2, 0.25) is 0 Å². The Hall–Kier alpha value is -4.38. The molecule has 0 saturated carbocycles. The Bertz CT molecular complexity index is 1400. The van der Waals surface area contributed by atoms with Gasteiger partial charge in [-0.3, -0.25) is 19.8 Å². The molecule has 0 bridgehead atoms. The first-order chi connectivity index (χ1) is 20.2. The zero-order chi connectivity index (χ0) is 30.1. The van der Waals surface area contributed by atoms with Crippen molar-refractivity contribution in [1.29, 1.82) is 5.41 Å². The SMILES string of the molecule is Cc1cccc(O[C@@H]2C[C@@H](C(=O)N[C@H](C)c3cc(C(=N)N)cs3)N(C(=O)CNC(=O)CCCOc3ccccc3)C2)c1.